The fourth-order valence-corrected chi connectivity index (χ4v) is 2.12. The number of ether oxygens (including phenoxy) is 1. The van der Waals surface area contributed by atoms with Crippen LogP contribution in [0.25, 0.3) is 0 Å². The van der Waals surface area contributed by atoms with Crippen molar-refractivity contribution in [1.29, 1.82) is 5.41 Å². The third kappa shape index (κ3) is 4.10. The normalized spacial score (nSPS) is 11.9. The molecule has 0 atom stereocenters. The predicted molar refractivity (Wildman–Crippen MR) is 98.5 cm³/mol. The molecular weight excluding hydrogens is 300 g/mol. The summed E-state index contributed by atoms with van der Waals surface area (Å²) in [6.45, 7) is 5.42. The molecule has 0 heterocycles. The molecule has 2 aromatic rings. The van der Waals surface area contributed by atoms with Gasteiger partial charge in [0.05, 0.1) is 11.3 Å². The highest BCUT2D eigenvalue weighted by Gasteiger charge is 2.14. The maximum atomic E-state index is 8.32. The van der Waals surface area contributed by atoms with Crippen molar-refractivity contribution in [2.24, 2.45) is 16.5 Å². The monoisotopic (exact) mass is 320 g/mol. The van der Waals surface area contributed by atoms with E-state index >= 15 is 0 Å². The van der Waals surface area contributed by atoms with Crippen LogP contribution in [0.2, 0.25) is 0 Å². The van der Waals surface area contributed by atoms with Crippen molar-refractivity contribution in [1.82, 2.24) is 0 Å². The lowest BCUT2D eigenvalue weighted by atomic mass is 10.0. The number of allylic oxidation sites excluding steroid dienone is 1. The minimum atomic E-state index is 0.164. The van der Waals surface area contributed by atoms with E-state index in [0.29, 0.717) is 16.9 Å². The smallest absolute Gasteiger partial charge is 0.134 e. The molecule has 5 nitrogen and oxygen atoms in total. The topological polar surface area (TPSA) is 97.5 Å². The van der Waals surface area contributed by atoms with E-state index in [2.05, 4.69) is 11.6 Å². The molecule has 0 radical (unpaired) electrons. The summed E-state index contributed by atoms with van der Waals surface area (Å²) in [6.07, 6.45) is 1.54. The van der Waals surface area contributed by atoms with Crippen molar-refractivity contribution in [2.75, 3.05) is 0 Å². The summed E-state index contributed by atoms with van der Waals surface area (Å²) < 4.78 is 5.73. The second-order valence-electron chi connectivity index (χ2n) is 4.99. The third-order valence-corrected chi connectivity index (χ3v) is 3.22. The van der Waals surface area contributed by atoms with Crippen molar-refractivity contribution >= 4 is 11.9 Å². The Morgan fingerprint density at radius 1 is 1.04 bits per heavy atom. The lowest BCUT2D eigenvalue weighted by molar-refractivity contribution is 0.482. The Labute approximate surface area is 141 Å². The summed E-state index contributed by atoms with van der Waals surface area (Å²) in [6, 6.07) is 16.6. The average Bonchev–Trinajstić information content (AvgIpc) is 2.56. The van der Waals surface area contributed by atoms with E-state index in [9.17, 15) is 0 Å². The average molecular weight is 320 g/mol. The molecule has 0 bridgehead atoms. The van der Waals surface area contributed by atoms with Crippen molar-refractivity contribution in [3.05, 3.63) is 83.8 Å². The van der Waals surface area contributed by atoms with Crippen LogP contribution in [0.3, 0.4) is 0 Å². The van der Waals surface area contributed by atoms with Crippen molar-refractivity contribution < 1.29 is 4.74 Å². The molecule has 0 unspecified atom stereocenters. The maximum Gasteiger partial charge on any atom is 0.134 e. The summed E-state index contributed by atoms with van der Waals surface area (Å²) in [5.41, 5.74) is 13.0. The number of nitrogens with two attached hydrogens (primary N) is 2. The van der Waals surface area contributed by atoms with Crippen molar-refractivity contribution in [3.63, 3.8) is 0 Å². The molecule has 0 spiro atoms. The van der Waals surface area contributed by atoms with Crippen LogP contribution < -0.4 is 16.2 Å². The number of nitrogens with zero attached hydrogens (tertiary/aromatic N) is 1. The predicted octanol–water partition coefficient (Wildman–Crippen LogP) is 3.58. The quantitative estimate of drug-likeness (QED) is 0.560. The minimum Gasteiger partial charge on any atom is -0.457 e. The van der Waals surface area contributed by atoms with Gasteiger partial charge >= 0.3 is 0 Å². The van der Waals surface area contributed by atoms with E-state index in [1.807, 2.05) is 30.3 Å². The molecule has 0 saturated carbocycles. The molecule has 5 N–H and O–H groups in total. The largest absolute Gasteiger partial charge is 0.457 e. The first-order valence-electron chi connectivity index (χ1n) is 7.38. The zero-order valence-electron chi connectivity index (χ0n) is 13.5. The van der Waals surface area contributed by atoms with Gasteiger partial charge in [0.15, 0.2) is 0 Å². The van der Waals surface area contributed by atoms with E-state index < -0.39 is 0 Å². The SMILES string of the molecule is C=C(N)/C(C(=N)c1ccc(Oc2ccccc2)cc1)=C(N)\N=C/C. The van der Waals surface area contributed by atoms with Gasteiger partial charge < -0.3 is 16.2 Å². The molecule has 2 aromatic carbocycles. The summed E-state index contributed by atoms with van der Waals surface area (Å²) in [7, 11) is 0. The number of hydrogen-bond donors (Lipinski definition) is 3. The summed E-state index contributed by atoms with van der Waals surface area (Å²) >= 11 is 0. The minimum absolute atomic E-state index is 0.164. The van der Waals surface area contributed by atoms with Crippen LogP contribution >= 0.6 is 0 Å². The lowest BCUT2D eigenvalue weighted by Gasteiger charge is -2.12. The number of aliphatic imine (C=N–C) groups is 1. The molecule has 0 aliphatic carbocycles. The van der Waals surface area contributed by atoms with Crippen LogP contribution in [0.1, 0.15) is 12.5 Å². The van der Waals surface area contributed by atoms with Gasteiger partial charge in [-0.25, -0.2) is 4.99 Å². The van der Waals surface area contributed by atoms with Gasteiger partial charge in [-0.3, -0.25) is 5.41 Å². The summed E-state index contributed by atoms with van der Waals surface area (Å²) in [4.78, 5) is 3.99. The van der Waals surface area contributed by atoms with Gasteiger partial charge in [-0.1, -0.05) is 24.8 Å². The van der Waals surface area contributed by atoms with Crippen LogP contribution in [-0.2, 0) is 0 Å². The fraction of sp³-hybridized carbons (Fsp3) is 0.0526. The van der Waals surface area contributed by atoms with Gasteiger partial charge in [0.1, 0.15) is 17.3 Å². The molecule has 24 heavy (non-hydrogen) atoms. The zero-order valence-corrected chi connectivity index (χ0v) is 13.5. The Bertz CT molecular complexity index is 790. The van der Waals surface area contributed by atoms with Crippen LogP contribution in [0.5, 0.6) is 11.5 Å². The Balaban J connectivity index is 2.25. The van der Waals surface area contributed by atoms with Gasteiger partial charge in [-0.05, 0) is 43.3 Å². The highest BCUT2D eigenvalue weighted by atomic mass is 16.5. The standard InChI is InChI=1S/C19H20N4O/c1-3-23-19(22)17(13(2)20)18(21)14-9-11-16(12-10-14)24-15-7-5-4-6-8-15/h3-12,21H,2,20,22H2,1H3/b19-17+,21-18?,23-3-. The number of hydrogen-bond acceptors (Lipinski definition) is 5. The van der Waals surface area contributed by atoms with Gasteiger partial charge in [0.25, 0.3) is 0 Å². The van der Waals surface area contributed by atoms with E-state index in [0.717, 1.165) is 5.75 Å². The highest BCUT2D eigenvalue weighted by Crippen LogP contribution is 2.23. The van der Waals surface area contributed by atoms with E-state index in [1.54, 1.807) is 37.4 Å². The number of rotatable bonds is 6. The second-order valence-corrected chi connectivity index (χ2v) is 4.99. The number of para-hydroxylation sites is 1. The first-order valence-corrected chi connectivity index (χ1v) is 7.38. The molecular formula is C19H20N4O. The fourth-order valence-electron chi connectivity index (χ4n) is 2.12. The first kappa shape index (κ1) is 17.0. The van der Waals surface area contributed by atoms with Gasteiger partial charge in [0, 0.05) is 17.5 Å². The molecule has 0 saturated heterocycles. The zero-order chi connectivity index (χ0) is 17.5. The summed E-state index contributed by atoms with van der Waals surface area (Å²) in [5, 5.41) is 8.32. The van der Waals surface area contributed by atoms with Gasteiger partial charge in [0.2, 0.25) is 0 Å². The first-order chi connectivity index (χ1) is 11.5. The Morgan fingerprint density at radius 3 is 2.17 bits per heavy atom. The molecule has 5 heteroatoms. The van der Waals surface area contributed by atoms with Crippen molar-refractivity contribution in [2.45, 2.75) is 6.92 Å². The molecule has 122 valence electrons. The van der Waals surface area contributed by atoms with E-state index in [4.69, 9.17) is 21.6 Å². The van der Waals surface area contributed by atoms with Crippen LogP contribution in [0, 0.1) is 5.41 Å². The highest BCUT2D eigenvalue weighted by molar-refractivity contribution is 6.13. The lowest BCUT2D eigenvalue weighted by Crippen LogP contribution is -2.16. The van der Waals surface area contributed by atoms with Crippen LogP contribution in [-0.4, -0.2) is 11.9 Å². The Morgan fingerprint density at radius 2 is 1.62 bits per heavy atom. The van der Waals surface area contributed by atoms with Crippen LogP contribution in [0.4, 0.5) is 0 Å². The molecule has 0 fully saturated rings. The van der Waals surface area contributed by atoms with E-state index in [-0.39, 0.29) is 17.2 Å². The second kappa shape index (κ2) is 7.78. The van der Waals surface area contributed by atoms with Gasteiger partial charge in [-0.2, -0.15) is 0 Å². The molecule has 0 aliphatic heterocycles. The Kier molecular flexibility index (Phi) is 5.52. The Hall–Kier alpha value is -3.34. The molecule has 2 rings (SSSR count). The number of benzene rings is 2. The van der Waals surface area contributed by atoms with Crippen LogP contribution in [0.15, 0.2) is 83.3 Å². The third-order valence-electron chi connectivity index (χ3n) is 3.22. The molecule has 0 amide bonds. The van der Waals surface area contributed by atoms with Gasteiger partial charge in [-0.15, -0.1) is 0 Å². The molecule has 0 aliphatic rings. The van der Waals surface area contributed by atoms with E-state index in [1.165, 1.54) is 0 Å². The number of nitrogens with one attached hydrogen (secondary N) is 1. The summed E-state index contributed by atoms with van der Waals surface area (Å²) in [5.74, 6) is 1.59. The van der Waals surface area contributed by atoms with Crippen molar-refractivity contribution in [3.8, 4) is 11.5 Å². The maximum absolute atomic E-state index is 8.32. The molecule has 0 aromatic heterocycles.